The summed E-state index contributed by atoms with van der Waals surface area (Å²) in [5.74, 6) is -1.19. The van der Waals surface area contributed by atoms with Gasteiger partial charge >= 0.3 is 5.97 Å². The highest BCUT2D eigenvalue weighted by Crippen LogP contribution is 2.26. The molecule has 1 aromatic heterocycles. The molecular formula is C24H17N3O4. The molecule has 0 aliphatic heterocycles. The highest BCUT2D eigenvalue weighted by molar-refractivity contribution is 6.18. The van der Waals surface area contributed by atoms with Crippen LogP contribution in [-0.4, -0.2) is 32.5 Å². The lowest BCUT2D eigenvalue weighted by Crippen LogP contribution is -2.16. The maximum atomic E-state index is 13.4. The van der Waals surface area contributed by atoms with Gasteiger partial charge in [0.15, 0.2) is 11.4 Å². The molecule has 3 aromatic carbocycles. The second kappa shape index (κ2) is 8.54. The van der Waals surface area contributed by atoms with Gasteiger partial charge in [-0.25, -0.2) is 4.68 Å². The van der Waals surface area contributed by atoms with Gasteiger partial charge in [0.2, 0.25) is 11.6 Å². The summed E-state index contributed by atoms with van der Waals surface area (Å²) in [6.45, 7) is 1.28. The molecule has 31 heavy (non-hydrogen) atoms. The van der Waals surface area contributed by atoms with Gasteiger partial charge in [-0.05, 0) is 12.1 Å². The van der Waals surface area contributed by atoms with Gasteiger partial charge in [0.1, 0.15) is 11.4 Å². The zero-order valence-corrected chi connectivity index (χ0v) is 16.6. The number of ether oxygens (including phenoxy) is 1. The van der Waals surface area contributed by atoms with Gasteiger partial charge in [0.05, 0.1) is 0 Å². The Morgan fingerprint density at radius 2 is 1.29 bits per heavy atom. The van der Waals surface area contributed by atoms with Crippen LogP contribution in [0, 0.1) is 0 Å². The van der Waals surface area contributed by atoms with E-state index in [2.05, 4.69) is 10.3 Å². The first-order valence-corrected chi connectivity index (χ1v) is 9.49. The first-order valence-electron chi connectivity index (χ1n) is 9.49. The Kier molecular flexibility index (Phi) is 5.49. The van der Waals surface area contributed by atoms with Crippen molar-refractivity contribution in [3.8, 4) is 11.4 Å². The molecule has 0 aliphatic rings. The number of ketones is 2. The lowest BCUT2D eigenvalue weighted by Gasteiger charge is -2.11. The molecule has 7 nitrogen and oxygen atoms in total. The molecule has 4 aromatic rings. The fraction of sp³-hybridized carbons (Fsp3) is 0.0417. The van der Waals surface area contributed by atoms with Crippen molar-refractivity contribution >= 4 is 17.5 Å². The maximum Gasteiger partial charge on any atom is 0.308 e. The van der Waals surface area contributed by atoms with Crippen LogP contribution in [0.5, 0.6) is 5.75 Å². The van der Waals surface area contributed by atoms with E-state index in [0.29, 0.717) is 16.8 Å². The summed E-state index contributed by atoms with van der Waals surface area (Å²) in [4.78, 5) is 38.1. The SMILES string of the molecule is CC(=O)Oc1ccccc1-n1nnc(C(=O)c2ccccc2)c1C(=O)c1ccccc1. The number of esters is 1. The number of carbonyl (C=O) groups excluding carboxylic acids is 3. The average molecular weight is 411 g/mol. The van der Waals surface area contributed by atoms with E-state index >= 15 is 0 Å². The number of carbonyl (C=O) groups is 3. The molecule has 1 heterocycles. The summed E-state index contributed by atoms with van der Waals surface area (Å²) in [6.07, 6.45) is 0. The lowest BCUT2D eigenvalue weighted by molar-refractivity contribution is -0.131. The molecule has 0 saturated carbocycles. The van der Waals surface area contributed by atoms with Crippen LogP contribution in [0.25, 0.3) is 5.69 Å². The van der Waals surface area contributed by atoms with Gasteiger partial charge in [0.25, 0.3) is 0 Å². The number of aromatic nitrogens is 3. The predicted molar refractivity (Wildman–Crippen MR) is 112 cm³/mol. The minimum absolute atomic E-state index is 0.0142. The van der Waals surface area contributed by atoms with Gasteiger partial charge < -0.3 is 4.74 Å². The number of rotatable bonds is 6. The van der Waals surface area contributed by atoms with Crippen LogP contribution in [0.3, 0.4) is 0 Å². The van der Waals surface area contributed by atoms with Crippen LogP contribution < -0.4 is 4.74 Å². The van der Waals surface area contributed by atoms with Crippen molar-refractivity contribution in [3.05, 3.63) is 107 Å². The predicted octanol–water partition coefficient (Wildman–Crippen LogP) is 3.65. The van der Waals surface area contributed by atoms with E-state index in [0.717, 1.165) is 0 Å². The summed E-state index contributed by atoms with van der Waals surface area (Å²) in [6, 6.07) is 23.7. The Balaban J connectivity index is 1.92. The number of nitrogens with zero attached hydrogens (tertiary/aromatic N) is 3. The molecule has 0 radical (unpaired) electrons. The molecule has 0 unspecified atom stereocenters. The minimum atomic E-state index is -0.524. The van der Waals surface area contributed by atoms with Crippen molar-refractivity contribution in [3.63, 3.8) is 0 Å². The molecule has 4 rings (SSSR count). The normalized spacial score (nSPS) is 10.5. The Hall–Kier alpha value is -4.39. The smallest absolute Gasteiger partial charge is 0.308 e. The van der Waals surface area contributed by atoms with Crippen molar-refractivity contribution in [1.82, 2.24) is 15.0 Å². The largest absolute Gasteiger partial charge is 0.424 e. The number of para-hydroxylation sites is 2. The Labute approximate surface area is 177 Å². The number of hydrogen-bond donors (Lipinski definition) is 0. The third-order valence-electron chi connectivity index (χ3n) is 4.52. The van der Waals surface area contributed by atoms with E-state index < -0.39 is 17.5 Å². The van der Waals surface area contributed by atoms with Crippen LogP contribution in [0.15, 0.2) is 84.9 Å². The molecule has 0 fully saturated rings. The van der Waals surface area contributed by atoms with Gasteiger partial charge in [0, 0.05) is 18.1 Å². The van der Waals surface area contributed by atoms with Crippen LogP contribution >= 0.6 is 0 Å². The molecule has 0 bridgehead atoms. The number of hydrogen-bond acceptors (Lipinski definition) is 6. The highest BCUT2D eigenvalue weighted by atomic mass is 16.5. The summed E-state index contributed by atoms with van der Waals surface area (Å²) in [5, 5.41) is 8.12. The van der Waals surface area contributed by atoms with Crippen molar-refractivity contribution in [2.24, 2.45) is 0 Å². The van der Waals surface area contributed by atoms with E-state index in [1.165, 1.54) is 11.6 Å². The van der Waals surface area contributed by atoms with Crippen LogP contribution in [0.4, 0.5) is 0 Å². The van der Waals surface area contributed by atoms with E-state index in [9.17, 15) is 14.4 Å². The fourth-order valence-electron chi connectivity index (χ4n) is 3.13. The maximum absolute atomic E-state index is 13.4. The quantitative estimate of drug-likeness (QED) is 0.273. The number of benzene rings is 3. The van der Waals surface area contributed by atoms with E-state index in [-0.39, 0.29) is 17.1 Å². The molecule has 0 N–H and O–H groups in total. The Morgan fingerprint density at radius 1 is 0.742 bits per heavy atom. The second-order valence-electron chi connectivity index (χ2n) is 6.65. The van der Waals surface area contributed by atoms with Gasteiger partial charge in [-0.15, -0.1) is 5.10 Å². The summed E-state index contributed by atoms with van der Waals surface area (Å²) >= 11 is 0. The fourth-order valence-corrected chi connectivity index (χ4v) is 3.13. The standard InChI is InChI=1S/C24H17N3O4/c1-16(28)31-20-15-9-8-14-19(20)27-22(24(30)18-12-6-3-7-13-18)21(25-26-27)23(29)17-10-4-2-5-11-17/h2-15H,1H3. The van der Waals surface area contributed by atoms with E-state index in [4.69, 9.17) is 4.74 Å². The molecule has 0 atom stereocenters. The van der Waals surface area contributed by atoms with Crippen molar-refractivity contribution in [2.75, 3.05) is 0 Å². The van der Waals surface area contributed by atoms with Crippen LogP contribution in [0.2, 0.25) is 0 Å². The lowest BCUT2D eigenvalue weighted by atomic mass is 10.0. The molecule has 0 aliphatic carbocycles. The molecule has 0 amide bonds. The van der Waals surface area contributed by atoms with Gasteiger partial charge in [-0.1, -0.05) is 78.0 Å². The zero-order chi connectivity index (χ0) is 21.8. The van der Waals surface area contributed by atoms with Crippen molar-refractivity contribution in [1.29, 1.82) is 0 Å². The average Bonchev–Trinajstić information content (AvgIpc) is 3.24. The topological polar surface area (TPSA) is 91.2 Å². The van der Waals surface area contributed by atoms with E-state index in [1.54, 1.807) is 84.9 Å². The first-order chi connectivity index (χ1) is 15.1. The third kappa shape index (κ3) is 4.02. The Bertz CT molecular complexity index is 1260. The summed E-state index contributed by atoms with van der Waals surface area (Å²) < 4.78 is 6.51. The third-order valence-corrected chi connectivity index (χ3v) is 4.52. The molecular weight excluding hydrogens is 394 g/mol. The van der Waals surface area contributed by atoms with Gasteiger partial charge in [-0.3, -0.25) is 14.4 Å². The van der Waals surface area contributed by atoms with Gasteiger partial charge in [-0.2, -0.15) is 0 Å². The Morgan fingerprint density at radius 3 is 1.90 bits per heavy atom. The van der Waals surface area contributed by atoms with Crippen molar-refractivity contribution < 1.29 is 19.1 Å². The van der Waals surface area contributed by atoms with Crippen LogP contribution in [-0.2, 0) is 4.79 Å². The van der Waals surface area contributed by atoms with E-state index in [1.807, 2.05) is 0 Å². The first kappa shape index (κ1) is 19.9. The van der Waals surface area contributed by atoms with Crippen molar-refractivity contribution in [2.45, 2.75) is 6.92 Å². The second-order valence-corrected chi connectivity index (χ2v) is 6.65. The summed E-state index contributed by atoms with van der Waals surface area (Å²) in [5.41, 5.74) is 0.969. The van der Waals surface area contributed by atoms with Crippen LogP contribution in [0.1, 0.15) is 39.0 Å². The monoisotopic (exact) mass is 411 g/mol. The zero-order valence-electron chi connectivity index (χ0n) is 16.6. The molecule has 152 valence electrons. The molecule has 7 heteroatoms. The minimum Gasteiger partial charge on any atom is -0.424 e. The summed E-state index contributed by atoms with van der Waals surface area (Å²) in [7, 11) is 0. The highest BCUT2D eigenvalue weighted by Gasteiger charge is 2.28. The molecule has 0 spiro atoms. The molecule has 0 saturated heterocycles.